The molecule has 0 aliphatic carbocycles. The molecule has 0 amide bonds. The molecule has 0 saturated heterocycles. The SMILES string of the molecule is COc1cnc(-c2ccccn2)nc1CNc1ccccc1. The highest BCUT2D eigenvalue weighted by Gasteiger charge is 2.09. The Morgan fingerprint density at radius 3 is 2.55 bits per heavy atom. The molecule has 5 heteroatoms. The van der Waals surface area contributed by atoms with Crippen LogP contribution >= 0.6 is 0 Å². The van der Waals surface area contributed by atoms with Crippen molar-refractivity contribution < 1.29 is 4.74 Å². The first kappa shape index (κ1) is 14.0. The van der Waals surface area contributed by atoms with E-state index in [9.17, 15) is 0 Å². The number of rotatable bonds is 5. The van der Waals surface area contributed by atoms with Crippen molar-refractivity contribution in [3.8, 4) is 17.3 Å². The molecule has 0 aliphatic rings. The van der Waals surface area contributed by atoms with Crippen molar-refractivity contribution in [1.29, 1.82) is 0 Å². The van der Waals surface area contributed by atoms with Crippen LogP contribution in [-0.2, 0) is 6.54 Å². The van der Waals surface area contributed by atoms with Crippen molar-refractivity contribution in [2.75, 3.05) is 12.4 Å². The van der Waals surface area contributed by atoms with Crippen LogP contribution in [0.25, 0.3) is 11.5 Å². The highest BCUT2D eigenvalue weighted by molar-refractivity contribution is 5.50. The van der Waals surface area contributed by atoms with E-state index in [-0.39, 0.29) is 0 Å². The van der Waals surface area contributed by atoms with Gasteiger partial charge in [0.15, 0.2) is 11.6 Å². The van der Waals surface area contributed by atoms with E-state index >= 15 is 0 Å². The predicted molar refractivity (Wildman–Crippen MR) is 85.6 cm³/mol. The Hall–Kier alpha value is -2.95. The predicted octanol–water partition coefficient (Wildman–Crippen LogP) is 3.16. The van der Waals surface area contributed by atoms with Gasteiger partial charge >= 0.3 is 0 Å². The van der Waals surface area contributed by atoms with Crippen LogP contribution < -0.4 is 10.1 Å². The summed E-state index contributed by atoms with van der Waals surface area (Å²) in [5, 5.41) is 3.32. The van der Waals surface area contributed by atoms with Crippen molar-refractivity contribution in [3.05, 3.63) is 66.6 Å². The Bertz CT molecular complexity index is 732. The zero-order valence-corrected chi connectivity index (χ0v) is 12.2. The summed E-state index contributed by atoms with van der Waals surface area (Å²) in [6.45, 7) is 0.551. The van der Waals surface area contributed by atoms with Crippen LogP contribution in [0.15, 0.2) is 60.9 Å². The van der Waals surface area contributed by atoms with Gasteiger partial charge in [0.2, 0.25) is 0 Å². The quantitative estimate of drug-likeness (QED) is 0.782. The molecule has 0 fully saturated rings. The van der Waals surface area contributed by atoms with E-state index in [1.807, 2.05) is 48.5 Å². The van der Waals surface area contributed by atoms with Gasteiger partial charge in [-0.1, -0.05) is 24.3 Å². The molecule has 1 N–H and O–H groups in total. The molecular formula is C17H16N4O. The van der Waals surface area contributed by atoms with E-state index in [1.165, 1.54) is 0 Å². The Labute approximate surface area is 129 Å². The number of hydrogen-bond donors (Lipinski definition) is 1. The summed E-state index contributed by atoms with van der Waals surface area (Å²) in [4.78, 5) is 13.2. The molecule has 5 nitrogen and oxygen atoms in total. The van der Waals surface area contributed by atoms with E-state index < -0.39 is 0 Å². The minimum absolute atomic E-state index is 0.551. The topological polar surface area (TPSA) is 59.9 Å². The highest BCUT2D eigenvalue weighted by Crippen LogP contribution is 2.20. The van der Waals surface area contributed by atoms with Gasteiger partial charge in [0.25, 0.3) is 0 Å². The van der Waals surface area contributed by atoms with Gasteiger partial charge in [-0.15, -0.1) is 0 Å². The van der Waals surface area contributed by atoms with E-state index in [2.05, 4.69) is 20.3 Å². The number of nitrogens with one attached hydrogen (secondary N) is 1. The molecular weight excluding hydrogens is 276 g/mol. The molecule has 0 bridgehead atoms. The summed E-state index contributed by atoms with van der Waals surface area (Å²) in [6.07, 6.45) is 3.41. The van der Waals surface area contributed by atoms with Gasteiger partial charge < -0.3 is 10.1 Å². The van der Waals surface area contributed by atoms with Crippen molar-refractivity contribution in [3.63, 3.8) is 0 Å². The number of hydrogen-bond acceptors (Lipinski definition) is 5. The Kier molecular flexibility index (Phi) is 4.25. The normalized spacial score (nSPS) is 10.2. The number of pyridine rings is 1. The zero-order chi connectivity index (χ0) is 15.2. The van der Waals surface area contributed by atoms with Crippen molar-refractivity contribution in [2.45, 2.75) is 6.54 Å². The second kappa shape index (κ2) is 6.67. The fourth-order valence-corrected chi connectivity index (χ4v) is 2.06. The third kappa shape index (κ3) is 3.20. The van der Waals surface area contributed by atoms with Gasteiger partial charge in [0.05, 0.1) is 19.9 Å². The van der Waals surface area contributed by atoms with Crippen LogP contribution in [0.1, 0.15) is 5.69 Å². The van der Waals surface area contributed by atoms with Crippen LogP contribution in [0.3, 0.4) is 0 Å². The molecule has 0 atom stereocenters. The fraction of sp³-hybridized carbons (Fsp3) is 0.118. The average molecular weight is 292 g/mol. The number of nitrogens with zero attached hydrogens (tertiary/aromatic N) is 3. The first-order valence-electron chi connectivity index (χ1n) is 6.97. The van der Waals surface area contributed by atoms with Gasteiger partial charge in [-0.05, 0) is 24.3 Å². The summed E-state index contributed by atoms with van der Waals surface area (Å²) in [6, 6.07) is 15.6. The third-order valence-electron chi connectivity index (χ3n) is 3.18. The maximum atomic E-state index is 5.34. The molecule has 110 valence electrons. The standard InChI is InChI=1S/C17H16N4O/c1-22-16-12-20-17(14-9-5-6-10-18-14)21-15(16)11-19-13-7-3-2-4-8-13/h2-10,12,19H,11H2,1H3. The monoisotopic (exact) mass is 292 g/mol. The number of ether oxygens (including phenoxy) is 1. The number of benzene rings is 1. The molecule has 0 radical (unpaired) electrons. The molecule has 0 saturated carbocycles. The number of para-hydroxylation sites is 1. The minimum atomic E-state index is 0.551. The third-order valence-corrected chi connectivity index (χ3v) is 3.18. The largest absolute Gasteiger partial charge is 0.493 e. The lowest BCUT2D eigenvalue weighted by atomic mass is 10.3. The number of aromatic nitrogens is 3. The van der Waals surface area contributed by atoms with Crippen molar-refractivity contribution in [2.24, 2.45) is 0 Å². The second-order valence-corrected chi connectivity index (χ2v) is 4.64. The lowest BCUT2D eigenvalue weighted by Gasteiger charge is -2.10. The summed E-state index contributed by atoms with van der Waals surface area (Å²) in [7, 11) is 1.62. The van der Waals surface area contributed by atoms with Gasteiger partial charge in [-0.25, -0.2) is 9.97 Å². The van der Waals surface area contributed by atoms with Crippen molar-refractivity contribution >= 4 is 5.69 Å². The van der Waals surface area contributed by atoms with E-state index in [1.54, 1.807) is 19.5 Å². The van der Waals surface area contributed by atoms with Crippen LogP contribution in [-0.4, -0.2) is 22.1 Å². The maximum Gasteiger partial charge on any atom is 0.178 e. The van der Waals surface area contributed by atoms with Gasteiger partial charge in [-0.2, -0.15) is 0 Å². The van der Waals surface area contributed by atoms with E-state index in [0.29, 0.717) is 18.1 Å². The molecule has 3 rings (SSSR count). The average Bonchev–Trinajstić information content (AvgIpc) is 2.61. The second-order valence-electron chi connectivity index (χ2n) is 4.64. The first-order valence-corrected chi connectivity index (χ1v) is 6.97. The van der Waals surface area contributed by atoms with Crippen LogP contribution in [0.2, 0.25) is 0 Å². The highest BCUT2D eigenvalue weighted by atomic mass is 16.5. The number of methoxy groups -OCH3 is 1. The fourth-order valence-electron chi connectivity index (χ4n) is 2.06. The molecule has 0 aliphatic heterocycles. The smallest absolute Gasteiger partial charge is 0.178 e. The Balaban J connectivity index is 1.85. The summed E-state index contributed by atoms with van der Waals surface area (Å²) < 4.78 is 5.34. The Morgan fingerprint density at radius 2 is 1.82 bits per heavy atom. The molecule has 1 aromatic carbocycles. The minimum Gasteiger partial charge on any atom is -0.493 e. The summed E-state index contributed by atoms with van der Waals surface area (Å²) >= 11 is 0. The van der Waals surface area contributed by atoms with Gasteiger partial charge in [0, 0.05) is 11.9 Å². The summed E-state index contributed by atoms with van der Waals surface area (Å²) in [5.41, 5.74) is 2.57. The molecule has 2 heterocycles. The number of anilines is 1. The zero-order valence-electron chi connectivity index (χ0n) is 12.2. The van der Waals surface area contributed by atoms with Crippen LogP contribution in [0.4, 0.5) is 5.69 Å². The van der Waals surface area contributed by atoms with Gasteiger partial charge in [0.1, 0.15) is 11.4 Å². The molecule has 0 unspecified atom stereocenters. The lowest BCUT2D eigenvalue weighted by Crippen LogP contribution is -2.06. The van der Waals surface area contributed by atoms with Crippen LogP contribution in [0, 0.1) is 0 Å². The molecule has 3 aromatic rings. The van der Waals surface area contributed by atoms with Crippen molar-refractivity contribution in [1.82, 2.24) is 15.0 Å². The van der Waals surface area contributed by atoms with Gasteiger partial charge in [-0.3, -0.25) is 4.98 Å². The summed E-state index contributed by atoms with van der Waals surface area (Å²) in [5.74, 6) is 1.24. The Morgan fingerprint density at radius 1 is 1.00 bits per heavy atom. The first-order chi connectivity index (χ1) is 10.9. The van der Waals surface area contributed by atoms with E-state index in [4.69, 9.17) is 4.74 Å². The van der Waals surface area contributed by atoms with E-state index in [0.717, 1.165) is 17.1 Å². The molecule has 22 heavy (non-hydrogen) atoms. The molecule has 2 aromatic heterocycles. The molecule has 0 spiro atoms. The lowest BCUT2D eigenvalue weighted by molar-refractivity contribution is 0.405. The maximum absolute atomic E-state index is 5.34. The van der Waals surface area contributed by atoms with Crippen LogP contribution in [0.5, 0.6) is 5.75 Å².